The summed E-state index contributed by atoms with van der Waals surface area (Å²) in [6.45, 7) is -0.350. The Balaban J connectivity index is 2.19. The van der Waals surface area contributed by atoms with Crippen LogP contribution in [0.5, 0.6) is 0 Å². The Kier molecular flexibility index (Phi) is 3.79. The molecule has 1 aromatic heterocycles. The van der Waals surface area contributed by atoms with E-state index in [1.165, 1.54) is 6.07 Å². The van der Waals surface area contributed by atoms with E-state index in [9.17, 15) is 16.8 Å². The third-order valence-electron chi connectivity index (χ3n) is 2.69. The average molecular weight is 311 g/mol. The minimum atomic E-state index is -3.76. The molecule has 1 aliphatic rings. The molecule has 18 heavy (non-hydrogen) atoms. The summed E-state index contributed by atoms with van der Waals surface area (Å²) in [5.41, 5.74) is 0. The van der Waals surface area contributed by atoms with E-state index in [1.54, 1.807) is 5.38 Å². The molecule has 1 unspecified atom stereocenters. The molecule has 1 atom stereocenters. The van der Waals surface area contributed by atoms with Crippen molar-refractivity contribution in [2.75, 3.05) is 11.5 Å². The van der Waals surface area contributed by atoms with E-state index in [4.69, 9.17) is 5.11 Å². The van der Waals surface area contributed by atoms with Crippen LogP contribution in [0.1, 0.15) is 11.3 Å². The van der Waals surface area contributed by atoms with Gasteiger partial charge in [-0.3, -0.25) is 0 Å². The van der Waals surface area contributed by atoms with Crippen molar-refractivity contribution >= 4 is 31.2 Å². The highest BCUT2D eigenvalue weighted by atomic mass is 32.2. The summed E-state index contributed by atoms with van der Waals surface area (Å²) in [7, 11) is -6.88. The summed E-state index contributed by atoms with van der Waals surface area (Å²) in [4.78, 5) is 0.377. The average Bonchev–Trinajstić information content (AvgIpc) is 2.84. The number of aliphatic hydroxyl groups excluding tert-OH is 1. The number of thiophene rings is 1. The third kappa shape index (κ3) is 2.91. The monoisotopic (exact) mass is 311 g/mol. The molecule has 0 saturated carbocycles. The molecule has 0 amide bonds. The van der Waals surface area contributed by atoms with Crippen molar-refractivity contribution < 1.29 is 21.9 Å². The van der Waals surface area contributed by atoms with Crippen LogP contribution in [0.4, 0.5) is 0 Å². The minimum Gasteiger partial charge on any atom is -0.391 e. The first-order valence-corrected chi connectivity index (χ1v) is 9.42. The van der Waals surface area contributed by atoms with Gasteiger partial charge in [-0.2, -0.15) is 0 Å². The fraction of sp³-hybridized carbons (Fsp3) is 0.556. The van der Waals surface area contributed by atoms with Crippen molar-refractivity contribution in [3.05, 3.63) is 16.3 Å². The lowest BCUT2D eigenvalue weighted by Gasteiger charge is -2.11. The van der Waals surface area contributed by atoms with Crippen LogP contribution in [0.2, 0.25) is 0 Å². The SMILES string of the molecule is O=S1(=O)CCC(NS(=O)(=O)c2ccsc2CO)C1. The predicted molar refractivity (Wildman–Crippen MR) is 67.6 cm³/mol. The van der Waals surface area contributed by atoms with Crippen molar-refractivity contribution in [1.29, 1.82) is 0 Å². The van der Waals surface area contributed by atoms with Gasteiger partial charge in [0.15, 0.2) is 9.84 Å². The van der Waals surface area contributed by atoms with Crippen LogP contribution in [-0.4, -0.2) is 39.5 Å². The second kappa shape index (κ2) is 4.89. The van der Waals surface area contributed by atoms with Crippen LogP contribution in [0.3, 0.4) is 0 Å². The molecule has 1 fully saturated rings. The van der Waals surface area contributed by atoms with Gasteiger partial charge in [0.1, 0.15) is 0 Å². The Morgan fingerprint density at radius 1 is 1.50 bits per heavy atom. The molecule has 0 aromatic carbocycles. The molecule has 6 nitrogen and oxygen atoms in total. The normalized spacial score (nSPS) is 23.3. The van der Waals surface area contributed by atoms with Gasteiger partial charge in [0.25, 0.3) is 0 Å². The van der Waals surface area contributed by atoms with Crippen LogP contribution < -0.4 is 4.72 Å². The molecule has 0 radical (unpaired) electrons. The molecule has 0 spiro atoms. The van der Waals surface area contributed by atoms with Gasteiger partial charge in [-0.05, 0) is 17.9 Å². The molecule has 2 rings (SSSR count). The summed E-state index contributed by atoms with van der Waals surface area (Å²) < 4.78 is 49.0. The summed E-state index contributed by atoms with van der Waals surface area (Å²) >= 11 is 1.15. The van der Waals surface area contributed by atoms with E-state index in [0.29, 0.717) is 11.3 Å². The molecule has 1 aromatic rings. The zero-order valence-corrected chi connectivity index (χ0v) is 11.8. The third-order valence-corrected chi connectivity index (χ3v) is 7.10. The van der Waals surface area contributed by atoms with Crippen molar-refractivity contribution in [2.24, 2.45) is 0 Å². The molecular weight excluding hydrogens is 298 g/mol. The first-order chi connectivity index (χ1) is 8.34. The van der Waals surface area contributed by atoms with E-state index in [2.05, 4.69) is 4.72 Å². The molecule has 2 heterocycles. The second-order valence-corrected chi connectivity index (χ2v) is 9.00. The number of hydrogen-bond donors (Lipinski definition) is 2. The van der Waals surface area contributed by atoms with Crippen molar-refractivity contribution in [2.45, 2.75) is 24.0 Å². The Bertz CT molecular complexity index is 631. The molecule has 0 aliphatic carbocycles. The van der Waals surface area contributed by atoms with Gasteiger partial charge in [0.2, 0.25) is 10.0 Å². The van der Waals surface area contributed by atoms with Crippen LogP contribution >= 0.6 is 11.3 Å². The Labute approximate surface area is 110 Å². The topological polar surface area (TPSA) is 101 Å². The Morgan fingerprint density at radius 3 is 2.78 bits per heavy atom. The quantitative estimate of drug-likeness (QED) is 0.795. The highest BCUT2D eigenvalue weighted by Crippen LogP contribution is 2.23. The van der Waals surface area contributed by atoms with Crippen LogP contribution in [0.15, 0.2) is 16.3 Å². The fourth-order valence-corrected chi connectivity index (χ4v) is 6.20. The lowest BCUT2D eigenvalue weighted by molar-refractivity contribution is 0.282. The number of sulfone groups is 1. The van der Waals surface area contributed by atoms with E-state index in [-0.39, 0.29) is 23.0 Å². The summed E-state index contributed by atoms with van der Waals surface area (Å²) in [5, 5.41) is 10.6. The number of sulfonamides is 1. The van der Waals surface area contributed by atoms with Gasteiger partial charge >= 0.3 is 0 Å². The van der Waals surface area contributed by atoms with Crippen LogP contribution in [0.25, 0.3) is 0 Å². The Morgan fingerprint density at radius 2 is 2.22 bits per heavy atom. The van der Waals surface area contributed by atoms with Crippen LogP contribution in [0, 0.1) is 0 Å². The van der Waals surface area contributed by atoms with Gasteiger partial charge in [-0.1, -0.05) is 0 Å². The van der Waals surface area contributed by atoms with Crippen molar-refractivity contribution in [3.63, 3.8) is 0 Å². The zero-order chi connectivity index (χ0) is 13.4. The molecule has 102 valence electrons. The van der Waals surface area contributed by atoms with Crippen molar-refractivity contribution in [3.8, 4) is 0 Å². The first-order valence-electron chi connectivity index (χ1n) is 5.24. The van der Waals surface area contributed by atoms with E-state index in [0.717, 1.165) is 11.3 Å². The summed E-state index contributed by atoms with van der Waals surface area (Å²) in [6, 6.07) is 0.827. The largest absolute Gasteiger partial charge is 0.391 e. The maximum Gasteiger partial charge on any atom is 0.242 e. The highest BCUT2D eigenvalue weighted by Gasteiger charge is 2.32. The minimum absolute atomic E-state index is 0.0106. The maximum atomic E-state index is 12.0. The van der Waals surface area contributed by atoms with Gasteiger partial charge in [-0.15, -0.1) is 11.3 Å². The Hall–Kier alpha value is -0.480. The van der Waals surface area contributed by atoms with E-state index in [1.807, 2.05) is 0 Å². The number of nitrogens with one attached hydrogen (secondary N) is 1. The fourth-order valence-electron chi connectivity index (χ4n) is 1.85. The molecule has 0 bridgehead atoms. The van der Waals surface area contributed by atoms with Gasteiger partial charge < -0.3 is 5.11 Å². The predicted octanol–water partition coefficient (Wildman–Crippen LogP) is -0.294. The van der Waals surface area contributed by atoms with Gasteiger partial charge in [0.05, 0.1) is 23.0 Å². The number of aliphatic hydroxyl groups is 1. The molecule has 1 aliphatic heterocycles. The zero-order valence-electron chi connectivity index (χ0n) is 9.37. The molecule has 9 heteroatoms. The lowest BCUT2D eigenvalue weighted by atomic mass is 10.3. The molecule has 2 N–H and O–H groups in total. The second-order valence-electron chi connectivity index (χ2n) is 4.09. The van der Waals surface area contributed by atoms with E-state index < -0.39 is 25.9 Å². The summed E-state index contributed by atoms with van der Waals surface area (Å²) in [5.74, 6) is -0.151. The van der Waals surface area contributed by atoms with Gasteiger partial charge in [-0.25, -0.2) is 21.6 Å². The van der Waals surface area contributed by atoms with Gasteiger partial charge in [0, 0.05) is 10.9 Å². The number of rotatable bonds is 4. The first kappa shape index (κ1) is 13.9. The molecular formula is C9H13NO5S3. The highest BCUT2D eigenvalue weighted by molar-refractivity contribution is 7.92. The number of hydrogen-bond acceptors (Lipinski definition) is 6. The lowest BCUT2D eigenvalue weighted by Crippen LogP contribution is -2.35. The van der Waals surface area contributed by atoms with Crippen molar-refractivity contribution in [1.82, 2.24) is 4.72 Å². The molecule has 1 saturated heterocycles. The summed E-state index contributed by atoms with van der Waals surface area (Å²) in [6.07, 6.45) is 0.292. The van der Waals surface area contributed by atoms with Crippen LogP contribution in [-0.2, 0) is 26.5 Å². The van der Waals surface area contributed by atoms with E-state index >= 15 is 0 Å². The standard InChI is InChI=1S/C9H13NO5S3/c11-5-8-9(1-3-16-8)18(14,15)10-7-2-4-17(12,13)6-7/h1,3,7,10-11H,2,4-6H2. The smallest absolute Gasteiger partial charge is 0.242 e. The maximum absolute atomic E-state index is 12.0.